The van der Waals surface area contributed by atoms with E-state index in [1.165, 1.54) is 13.3 Å². The zero-order valence-corrected chi connectivity index (χ0v) is 14.8. The number of benzene rings is 1. The molecule has 1 aromatic carbocycles. The number of hydrogen-bond acceptors (Lipinski definition) is 7. The van der Waals surface area contributed by atoms with Crippen LogP contribution in [0.1, 0.15) is 22.1 Å². The fourth-order valence-corrected chi connectivity index (χ4v) is 3.01. The van der Waals surface area contributed by atoms with Crippen molar-refractivity contribution in [3.63, 3.8) is 0 Å². The number of aliphatic hydroxyl groups excluding tert-OH is 1. The molecule has 3 rings (SSSR count). The van der Waals surface area contributed by atoms with Gasteiger partial charge in [0.05, 0.1) is 12.2 Å². The monoisotopic (exact) mass is 376 g/mol. The number of carbonyl (C=O) groups is 1. The van der Waals surface area contributed by atoms with Crippen LogP contribution in [0.15, 0.2) is 46.1 Å². The molecule has 0 bridgehead atoms. The Morgan fingerprint density at radius 1 is 1.26 bits per heavy atom. The van der Waals surface area contributed by atoms with Crippen molar-refractivity contribution in [2.45, 2.75) is 31.5 Å². The first-order chi connectivity index (χ1) is 13.0. The molecule has 0 spiro atoms. The SMILES string of the molecule is COC1C(OC(=O)c2ccccc2)C(CO)OC1n1cc(C)c(=O)[nH]c1=O. The summed E-state index contributed by atoms with van der Waals surface area (Å²) in [6.45, 7) is 1.10. The number of H-pyrrole nitrogens is 1. The number of carbonyl (C=O) groups excluding carboxylic acids is 1. The van der Waals surface area contributed by atoms with Crippen LogP contribution in [0.25, 0.3) is 0 Å². The third-order valence-electron chi connectivity index (χ3n) is 4.41. The Kier molecular flexibility index (Phi) is 5.54. The van der Waals surface area contributed by atoms with Crippen molar-refractivity contribution >= 4 is 5.97 Å². The van der Waals surface area contributed by atoms with Crippen LogP contribution in [-0.2, 0) is 14.2 Å². The molecule has 144 valence electrons. The lowest BCUT2D eigenvalue weighted by Gasteiger charge is -2.23. The van der Waals surface area contributed by atoms with E-state index in [0.29, 0.717) is 11.1 Å². The molecule has 9 nitrogen and oxygen atoms in total. The van der Waals surface area contributed by atoms with Crippen LogP contribution >= 0.6 is 0 Å². The fraction of sp³-hybridized carbons (Fsp3) is 0.389. The van der Waals surface area contributed by atoms with Crippen molar-refractivity contribution in [2.75, 3.05) is 13.7 Å². The molecular formula is C18H20N2O7. The molecule has 4 atom stereocenters. The van der Waals surface area contributed by atoms with Crippen LogP contribution in [-0.4, -0.2) is 52.7 Å². The first-order valence-corrected chi connectivity index (χ1v) is 8.33. The van der Waals surface area contributed by atoms with Crippen molar-refractivity contribution in [3.05, 3.63) is 68.5 Å². The van der Waals surface area contributed by atoms with Gasteiger partial charge in [0.25, 0.3) is 5.56 Å². The number of ether oxygens (including phenoxy) is 3. The van der Waals surface area contributed by atoms with Crippen LogP contribution in [0.5, 0.6) is 0 Å². The van der Waals surface area contributed by atoms with Crippen LogP contribution in [0.3, 0.4) is 0 Å². The average molecular weight is 376 g/mol. The summed E-state index contributed by atoms with van der Waals surface area (Å²) in [4.78, 5) is 38.4. The zero-order valence-electron chi connectivity index (χ0n) is 14.8. The highest BCUT2D eigenvalue weighted by atomic mass is 16.6. The Bertz CT molecular complexity index is 921. The van der Waals surface area contributed by atoms with Gasteiger partial charge in [-0.05, 0) is 19.1 Å². The number of aryl methyl sites for hydroxylation is 1. The lowest BCUT2D eigenvalue weighted by atomic mass is 10.1. The quantitative estimate of drug-likeness (QED) is 0.704. The molecule has 27 heavy (non-hydrogen) atoms. The Morgan fingerprint density at radius 3 is 2.59 bits per heavy atom. The summed E-state index contributed by atoms with van der Waals surface area (Å²) in [5.41, 5.74) is -0.554. The second-order valence-corrected chi connectivity index (χ2v) is 6.16. The summed E-state index contributed by atoms with van der Waals surface area (Å²) < 4.78 is 17.8. The van der Waals surface area contributed by atoms with Crippen molar-refractivity contribution in [3.8, 4) is 0 Å². The number of hydrogen-bond donors (Lipinski definition) is 2. The van der Waals surface area contributed by atoms with E-state index in [-0.39, 0.29) is 0 Å². The molecule has 2 aromatic rings. The highest BCUT2D eigenvalue weighted by Crippen LogP contribution is 2.33. The number of aliphatic hydroxyl groups is 1. The van der Waals surface area contributed by atoms with Crippen molar-refractivity contribution in [1.29, 1.82) is 0 Å². The number of methoxy groups -OCH3 is 1. The van der Waals surface area contributed by atoms with E-state index in [9.17, 15) is 19.5 Å². The molecule has 4 unspecified atom stereocenters. The molecule has 0 amide bonds. The first-order valence-electron chi connectivity index (χ1n) is 8.33. The molecule has 1 aliphatic rings. The van der Waals surface area contributed by atoms with Gasteiger partial charge in [-0.15, -0.1) is 0 Å². The number of esters is 1. The summed E-state index contributed by atoms with van der Waals surface area (Å²) in [5, 5.41) is 9.65. The predicted molar refractivity (Wildman–Crippen MR) is 93.5 cm³/mol. The van der Waals surface area contributed by atoms with Gasteiger partial charge in [0.15, 0.2) is 12.3 Å². The van der Waals surface area contributed by atoms with Crippen LogP contribution in [0.2, 0.25) is 0 Å². The topological polar surface area (TPSA) is 120 Å². The standard InChI is InChI=1S/C18H20N2O7/c1-10-8-20(18(24)19-15(10)22)16-14(25-2)13(12(9-21)26-16)27-17(23)11-6-4-3-5-7-11/h3-8,12-14,16,21H,9H2,1-2H3,(H,19,22,24). The second-order valence-electron chi connectivity index (χ2n) is 6.16. The molecule has 2 N–H and O–H groups in total. The molecule has 9 heteroatoms. The smallest absolute Gasteiger partial charge is 0.338 e. The van der Waals surface area contributed by atoms with Gasteiger partial charge in [-0.2, -0.15) is 0 Å². The van der Waals surface area contributed by atoms with E-state index in [0.717, 1.165) is 4.57 Å². The first kappa shape index (κ1) is 19.0. The molecule has 0 saturated carbocycles. The van der Waals surface area contributed by atoms with Crippen molar-refractivity contribution < 1.29 is 24.1 Å². The largest absolute Gasteiger partial charge is 0.453 e. The van der Waals surface area contributed by atoms with Crippen molar-refractivity contribution in [2.24, 2.45) is 0 Å². The minimum Gasteiger partial charge on any atom is -0.453 e. The van der Waals surface area contributed by atoms with Gasteiger partial charge in [-0.1, -0.05) is 18.2 Å². The van der Waals surface area contributed by atoms with Gasteiger partial charge < -0.3 is 19.3 Å². The Morgan fingerprint density at radius 2 is 1.96 bits per heavy atom. The van der Waals surface area contributed by atoms with Gasteiger partial charge in [-0.3, -0.25) is 14.3 Å². The van der Waals surface area contributed by atoms with E-state index in [2.05, 4.69) is 4.98 Å². The summed E-state index contributed by atoms with van der Waals surface area (Å²) >= 11 is 0. The van der Waals surface area contributed by atoms with Gasteiger partial charge in [0.1, 0.15) is 12.2 Å². The maximum Gasteiger partial charge on any atom is 0.338 e. The van der Waals surface area contributed by atoms with Gasteiger partial charge in [0, 0.05) is 18.9 Å². The lowest BCUT2D eigenvalue weighted by molar-refractivity contribution is -0.0626. The molecule has 2 heterocycles. The van der Waals surface area contributed by atoms with Gasteiger partial charge >= 0.3 is 11.7 Å². The Hall–Kier alpha value is -2.75. The number of rotatable bonds is 5. The van der Waals surface area contributed by atoms with E-state index in [1.807, 2.05) is 0 Å². The fourth-order valence-electron chi connectivity index (χ4n) is 3.01. The molecule has 0 aliphatic carbocycles. The minimum atomic E-state index is -0.983. The normalized spacial score (nSPS) is 24.7. The summed E-state index contributed by atoms with van der Waals surface area (Å²) in [6, 6.07) is 8.36. The third kappa shape index (κ3) is 3.70. The maximum absolute atomic E-state index is 12.4. The maximum atomic E-state index is 12.4. The van der Waals surface area contributed by atoms with Crippen LogP contribution in [0.4, 0.5) is 0 Å². The van der Waals surface area contributed by atoms with E-state index in [4.69, 9.17) is 14.2 Å². The molecular weight excluding hydrogens is 356 g/mol. The Labute approximate surface area is 154 Å². The third-order valence-corrected chi connectivity index (χ3v) is 4.41. The number of nitrogens with one attached hydrogen (secondary N) is 1. The number of aromatic amines is 1. The Balaban J connectivity index is 1.91. The molecule has 1 fully saturated rings. The number of aromatic nitrogens is 2. The van der Waals surface area contributed by atoms with Crippen molar-refractivity contribution in [1.82, 2.24) is 9.55 Å². The lowest BCUT2D eigenvalue weighted by Crippen LogP contribution is -2.41. The summed E-state index contributed by atoms with van der Waals surface area (Å²) in [6.07, 6.45) is -2.35. The predicted octanol–water partition coefficient (Wildman–Crippen LogP) is -0.0247. The zero-order chi connectivity index (χ0) is 19.6. The molecule has 1 aliphatic heterocycles. The highest BCUT2D eigenvalue weighted by Gasteiger charge is 2.48. The number of nitrogens with zero attached hydrogens (tertiary/aromatic N) is 1. The van der Waals surface area contributed by atoms with Gasteiger partial charge in [0.2, 0.25) is 0 Å². The van der Waals surface area contributed by atoms with E-state index < -0.39 is 48.4 Å². The average Bonchev–Trinajstić information content (AvgIpc) is 3.02. The van der Waals surface area contributed by atoms with Crippen LogP contribution in [0, 0.1) is 6.92 Å². The highest BCUT2D eigenvalue weighted by molar-refractivity contribution is 5.89. The van der Waals surface area contributed by atoms with E-state index >= 15 is 0 Å². The minimum absolute atomic E-state index is 0.304. The molecule has 0 radical (unpaired) electrons. The van der Waals surface area contributed by atoms with Crippen LogP contribution < -0.4 is 11.2 Å². The van der Waals surface area contributed by atoms with Gasteiger partial charge in [-0.25, -0.2) is 9.59 Å². The summed E-state index contributed by atoms with van der Waals surface area (Å²) in [7, 11) is 1.38. The molecule has 1 saturated heterocycles. The summed E-state index contributed by atoms with van der Waals surface area (Å²) in [5.74, 6) is -0.602. The molecule has 1 aromatic heterocycles. The van der Waals surface area contributed by atoms with E-state index in [1.54, 1.807) is 37.3 Å². The second kappa shape index (κ2) is 7.87.